The number of alkyl halides is 3. The molecule has 0 saturated heterocycles. The van der Waals surface area contributed by atoms with Crippen LogP contribution in [-0.4, -0.2) is 18.9 Å². The van der Waals surface area contributed by atoms with Gasteiger partial charge in [-0.1, -0.05) is 6.07 Å². The van der Waals surface area contributed by atoms with E-state index >= 15 is 0 Å². The molecule has 1 aromatic heterocycles. The van der Waals surface area contributed by atoms with Gasteiger partial charge in [-0.25, -0.2) is 12.8 Å². The molecule has 0 saturated carbocycles. The van der Waals surface area contributed by atoms with Gasteiger partial charge in [-0.2, -0.15) is 13.2 Å². The van der Waals surface area contributed by atoms with Crippen molar-refractivity contribution in [1.29, 1.82) is 0 Å². The van der Waals surface area contributed by atoms with E-state index in [1.165, 1.54) is 6.20 Å². The first-order valence-electron chi connectivity index (χ1n) is 6.38. The molecule has 0 atom stereocenters. The highest BCUT2D eigenvalue weighted by Crippen LogP contribution is 2.34. The van der Waals surface area contributed by atoms with Gasteiger partial charge in [-0.3, -0.25) is 4.98 Å². The fraction of sp³-hybridized carbons (Fsp3) is 0.214. The molecule has 23 heavy (non-hydrogen) atoms. The monoisotopic (exact) mass is 348 g/mol. The number of nitrogens with one attached hydrogen (secondary N) is 1. The molecule has 0 unspecified atom stereocenters. The lowest BCUT2D eigenvalue weighted by atomic mass is 10.2. The molecule has 0 radical (unpaired) electrons. The standard InChI is InChI=1S/C14H12F4N2O2S/c1-9-3-2-6-19-12(9)8-20-11-5-4-10(15)7-13(11)23(21,22)14(16,17)18/h2-7,20H,8H2,1H3. The average molecular weight is 348 g/mol. The predicted octanol–water partition coefficient (Wildman–Crippen LogP) is 3.43. The SMILES string of the molecule is Cc1cccnc1CNc1ccc(F)cc1S(=O)(=O)C(F)(F)F. The van der Waals surface area contributed by atoms with Crippen LogP contribution in [0, 0.1) is 12.7 Å². The fourth-order valence-corrected chi connectivity index (χ4v) is 2.82. The molecule has 1 N–H and O–H groups in total. The van der Waals surface area contributed by atoms with Crippen LogP contribution in [0.5, 0.6) is 0 Å². The summed E-state index contributed by atoms with van der Waals surface area (Å²) in [5.74, 6) is -1.08. The summed E-state index contributed by atoms with van der Waals surface area (Å²) in [7, 11) is -5.67. The van der Waals surface area contributed by atoms with E-state index in [4.69, 9.17) is 0 Å². The van der Waals surface area contributed by atoms with Crippen LogP contribution < -0.4 is 5.32 Å². The Morgan fingerprint density at radius 3 is 2.52 bits per heavy atom. The Morgan fingerprint density at radius 2 is 1.91 bits per heavy atom. The first-order chi connectivity index (χ1) is 10.6. The molecule has 0 bridgehead atoms. The first kappa shape index (κ1) is 17.2. The molecule has 2 rings (SSSR count). The van der Waals surface area contributed by atoms with Gasteiger partial charge in [0.2, 0.25) is 0 Å². The maximum absolute atomic E-state index is 13.2. The second kappa shape index (κ2) is 6.15. The zero-order valence-corrected chi connectivity index (χ0v) is 12.7. The summed E-state index contributed by atoms with van der Waals surface area (Å²) < 4.78 is 74.5. The highest BCUT2D eigenvalue weighted by atomic mass is 32.2. The number of anilines is 1. The van der Waals surface area contributed by atoms with Crippen molar-refractivity contribution in [3.63, 3.8) is 0 Å². The van der Waals surface area contributed by atoms with Crippen molar-refractivity contribution in [1.82, 2.24) is 4.98 Å². The summed E-state index contributed by atoms with van der Waals surface area (Å²) in [6.07, 6.45) is 1.50. The number of hydrogen-bond acceptors (Lipinski definition) is 4. The van der Waals surface area contributed by atoms with E-state index in [-0.39, 0.29) is 12.2 Å². The number of hydrogen-bond donors (Lipinski definition) is 1. The number of benzene rings is 1. The van der Waals surface area contributed by atoms with Crippen molar-refractivity contribution < 1.29 is 26.0 Å². The van der Waals surface area contributed by atoms with Gasteiger partial charge in [-0.05, 0) is 36.8 Å². The lowest BCUT2D eigenvalue weighted by Gasteiger charge is -2.14. The molecule has 0 aliphatic carbocycles. The highest BCUT2D eigenvalue weighted by molar-refractivity contribution is 7.92. The van der Waals surface area contributed by atoms with Crippen molar-refractivity contribution >= 4 is 15.5 Å². The van der Waals surface area contributed by atoms with Crippen molar-refractivity contribution in [2.45, 2.75) is 23.9 Å². The molecule has 0 fully saturated rings. The van der Waals surface area contributed by atoms with Gasteiger partial charge in [0.05, 0.1) is 17.9 Å². The van der Waals surface area contributed by atoms with E-state index < -0.39 is 26.1 Å². The predicted molar refractivity (Wildman–Crippen MR) is 75.9 cm³/mol. The smallest absolute Gasteiger partial charge is 0.378 e. The minimum Gasteiger partial charge on any atom is -0.378 e. The van der Waals surface area contributed by atoms with Crippen LogP contribution in [0.3, 0.4) is 0 Å². The normalized spacial score (nSPS) is 12.2. The van der Waals surface area contributed by atoms with Gasteiger partial charge in [0.1, 0.15) is 10.7 Å². The number of aryl methyl sites for hydroxylation is 1. The summed E-state index contributed by atoms with van der Waals surface area (Å²) in [4.78, 5) is 2.89. The van der Waals surface area contributed by atoms with Crippen molar-refractivity contribution in [2.24, 2.45) is 0 Å². The van der Waals surface area contributed by atoms with E-state index in [0.717, 1.165) is 17.7 Å². The van der Waals surface area contributed by atoms with Crippen LogP contribution in [0.1, 0.15) is 11.3 Å². The number of sulfone groups is 1. The molecule has 0 spiro atoms. The minimum atomic E-state index is -5.67. The quantitative estimate of drug-likeness (QED) is 0.860. The third-order valence-corrected chi connectivity index (χ3v) is 4.63. The van der Waals surface area contributed by atoms with Gasteiger partial charge in [-0.15, -0.1) is 0 Å². The Balaban J connectivity index is 2.39. The fourth-order valence-electron chi connectivity index (χ4n) is 1.87. The molecular formula is C14H12F4N2O2S. The molecule has 1 heterocycles. The molecule has 4 nitrogen and oxygen atoms in total. The zero-order chi connectivity index (χ0) is 17.3. The van der Waals surface area contributed by atoms with E-state index in [1.54, 1.807) is 19.1 Å². The van der Waals surface area contributed by atoms with Crippen LogP contribution in [0.25, 0.3) is 0 Å². The molecule has 0 amide bonds. The van der Waals surface area contributed by atoms with E-state index in [9.17, 15) is 26.0 Å². The van der Waals surface area contributed by atoms with E-state index in [1.807, 2.05) is 0 Å². The molecule has 9 heteroatoms. The van der Waals surface area contributed by atoms with Gasteiger partial charge < -0.3 is 5.32 Å². The lowest BCUT2D eigenvalue weighted by molar-refractivity contribution is -0.0435. The number of halogens is 4. The lowest BCUT2D eigenvalue weighted by Crippen LogP contribution is -2.24. The molecule has 0 aliphatic rings. The zero-order valence-electron chi connectivity index (χ0n) is 11.9. The van der Waals surface area contributed by atoms with Crippen LogP contribution >= 0.6 is 0 Å². The number of nitrogens with zero attached hydrogens (tertiary/aromatic N) is 1. The molecule has 1 aromatic carbocycles. The summed E-state index contributed by atoms with van der Waals surface area (Å²) in [5, 5.41) is 2.57. The summed E-state index contributed by atoms with van der Waals surface area (Å²) in [6.45, 7) is 1.75. The Kier molecular flexibility index (Phi) is 4.60. The molecule has 124 valence electrons. The number of pyridine rings is 1. The summed E-state index contributed by atoms with van der Waals surface area (Å²) in [5.41, 5.74) is -4.54. The van der Waals surface area contributed by atoms with Crippen molar-refractivity contribution in [3.05, 3.63) is 53.6 Å². The summed E-state index contributed by atoms with van der Waals surface area (Å²) >= 11 is 0. The van der Waals surface area contributed by atoms with Crippen LogP contribution in [0.2, 0.25) is 0 Å². The maximum atomic E-state index is 13.2. The molecule has 2 aromatic rings. The third-order valence-electron chi connectivity index (χ3n) is 3.10. The highest BCUT2D eigenvalue weighted by Gasteiger charge is 2.48. The second-order valence-electron chi connectivity index (χ2n) is 4.71. The number of rotatable bonds is 4. The molecule has 0 aliphatic heterocycles. The first-order valence-corrected chi connectivity index (χ1v) is 7.86. The molecular weight excluding hydrogens is 336 g/mol. The third kappa shape index (κ3) is 3.61. The van der Waals surface area contributed by atoms with E-state index in [2.05, 4.69) is 10.3 Å². The van der Waals surface area contributed by atoms with Gasteiger partial charge in [0.25, 0.3) is 9.84 Å². The van der Waals surface area contributed by atoms with Crippen molar-refractivity contribution in [3.8, 4) is 0 Å². The van der Waals surface area contributed by atoms with Gasteiger partial charge in [0.15, 0.2) is 0 Å². The maximum Gasteiger partial charge on any atom is 0.501 e. The Hall–Kier alpha value is -2.16. The van der Waals surface area contributed by atoms with Gasteiger partial charge >= 0.3 is 5.51 Å². The Bertz CT molecular complexity index is 820. The van der Waals surface area contributed by atoms with Crippen molar-refractivity contribution in [2.75, 3.05) is 5.32 Å². The number of aromatic nitrogens is 1. The average Bonchev–Trinajstić information content (AvgIpc) is 2.46. The summed E-state index contributed by atoms with van der Waals surface area (Å²) in [6, 6.07) is 5.62. The largest absolute Gasteiger partial charge is 0.501 e. The van der Waals surface area contributed by atoms with Crippen LogP contribution in [0.15, 0.2) is 41.4 Å². The second-order valence-corrected chi connectivity index (χ2v) is 6.62. The van der Waals surface area contributed by atoms with Crippen LogP contribution in [-0.2, 0) is 16.4 Å². The topological polar surface area (TPSA) is 59.1 Å². The van der Waals surface area contributed by atoms with Crippen LogP contribution in [0.4, 0.5) is 23.2 Å². The Morgan fingerprint density at radius 1 is 1.22 bits per heavy atom. The minimum absolute atomic E-state index is 0.00131. The van der Waals surface area contributed by atoms with Gasteiger partial charge in [0, 0.05) is 6.20 Å². The van der Waals surface area contributed by atoms with E-state index in [0.29, 0.717) is 11.8 Å². The Labute approximate surface area is 130 Å².